The lowest BCUT2D eigenvalue weighted by atomic mass is 10.2. The summed E-state index contributed by atoms with van der Waals surface area (Å²) in [4.78, 5) is 4.30. The highest BCUT2D eigenvalue weighted by atomic mass is 79.9. The Morgan fingerprint density at radius 3 is 2.71 bits per heavy atom. The van der Waals surface area contributed by atoms with Crippen LogP contribution in [0.5, 0.6) is 11.5 Å². The fourth-order valence-corrected chi connectivity index (χ4v) is 2.21. The van der Waals surface area contributed by atoms with Crippen molar-refractivity contribution in [2.75, 3.05) is 0 Å². The van der Waals surface area contributed by atoms with E-state index in [4.69, 9.17) is 4.74 Å². The smallest absolute Gasteiger partial charge is 0.141 e. The van der Waals surface area contributed by atoms with Gasteiger partial charge in [0.1, 0.15) is 17.3 Å². The van der Waals surface area contributed by atoms with Crippen molar-refractivity contribution in [2.24, 2.45) is 0 Å². The fraction of sp³-hybridized carbons (Fsp3) is 0.312. The Morgan fingerprint density at radius 2 is 2.05 bits per heavy atom. The molecule has 0 spiro atoms. The van der Waals surface area contributed by atoms with Crippen LogP contribution in [0.4, 0.5) is 4.39 Å². The minimum Gasteiger partial charge on any atom is -0.456 e. The lowest BCUT2D eigenvalue weighted by molar-refractivity contribution is 0.463. The lowest BCUT2D eigenvalue weighted by Gasteiger charge is -2.14. The largest absolute Gasteiger partial charge is 0.456 e. The maximum atomic E-state index is 13.1. The molecule has 1 aromatic heterocycles. The van der Waals surface area contributed by atoms with Crippen molar-refractivity contribution in [2.45, 2.75) is 33.4 Å². The maximum Gasteiger partial charge on any atom is 0.141 e. The number of halogens is 2. The predicted molar refractivity (Wildman–Crippen MR) is 85.1 cm³/mol. The number of nitrogens with zero attached hydrogens (tertiary/aromatic N) is 1. The molecule has 0 aliphatic heterocycles. The molecule has 1 N–H and O–H groups in total. The first-order valence-corrected chi connectivity index (χ1v) is 7.57. The van der Waals surface area contributed by atoms with Gasteiger partial charge in [-0.1, -0.05) is 13.8 Å². The van der Waals surface area contributed by atoms with Gasteiger partial charge in [0.25, 0.3) is 0 Å². The van der Waals surface area contributed by atoms with Crippen molar-refractivity contribution in [3.63, 3.8) is 0 Å². The number of hydrogen-bond acceptors (Lipinski definition) is 3. The summed E-state index contributed by atoms with van der Waals surface area (Å²) < 4.78 is 19.6. The quantitative estimate of drug-likeness (QED) is 0.854. The summed E-state index contributed by atoms with van der Waals surface area (Å²) >= 11 is 3.31. The van der Waals surface area contributed by atoms with Gasteiger partial charge in [-0.3, -0.25) is 4.98 Å². The Bertz CT molecular complexity index is 632. The van der Waals surface area contributed by atoms with Crippen LogP contribution in [0.15, 0.2) is 34.9 Å². The monoisotopic (exact) mass is 352 g/mol. The van der Waals surface area contributed by atoms with E-state index in [1.165, 1.54) is 12.1 Å². The first-order valence-electron chi connectivity index (χ1n) is 6.77. The Hall–Kier alpha value is -1.46. The molecule has 1 heterocycles. The third-order valence-electron chi connectivity index (χ3n) is 2.90. The molecule has 0 aliphatic rings. The molecular formula is C16H18BrFN2O. The van der Waals surface area contributed by atoms with E-state index in [0.717, 1.165) is 17.0 Å². The number of aryl methyl sites for hydroxylation is 1. The SMILES string of the molecule is Cc1cc(Oc2ccc(F)cc2Br)c(CNC(C)C)cn1. The van der Waals surface area contributed by atoms with E-state index in [1.54, 1.807) is 12.3 Å². The molecule has 0 fully saturated rings. The Kier molecular flexibility index (Phi) is 5.31. The first-order chi connectivity index (χ1) is 9.95. The molecule has 0 radical (unpaired) electrons. The molecule has 0 unspecified atom stereocenters. The Morgan fingerprint density at radius 1 is 1.29 bits per heavy atom. The van der Waals surface area contributed by atoms with E-state index < -0.39 is 0 Å². The molecule has 112 valence electrons. The van der Waals surface area contributed by atoms with Gasteiger partial charge in [0.05, 0.1) is 4.47 Å². The molecule has 0 saturated carbocycles. The predicted octanol–water partition coefficient (Wildman–Crippen LogP) is 4.58. The normalized spacial score (nSPS) is 11.0. The summed E-state index contributed by atoms with van der Waals surface area (Å²) in [5.74, 6) is 0.998. The van der Waals surface area contributed by atoms with Crippen LogP contribution in [0.2, 0.25) is 0 Å². The summed E-state index contributed by atoms with van der Waals surface area (Å²) in [5, 5.41) is 3.34. The summed E-state index contributed by atoms with van der Waals surface area (Å²) in [6.07, 6.45) is 1.80. The number of pyridine rings is 1. The van der Waals surface area contributed by atoms with Gasteiger partial charge in [-0.2, -0.15) is 0 Å². The third-order valence-corrected chi connectivity index (χ3v) is 3.51. The van der Waals surface area contributed by atoms with Crippen LogP contribution in [0, 0.1) is 12.7 Å². The van der Waals surface area contributed by atoms with E-state index in [-0.39, 0.29) is 5.82 Å². The van der Waals surface area contributed by atoms with E-state index in [2.05, 4.69) is 40.1 Å². The maximum absolute atomic E-state index is 13.1. The number of hydrogen-bond donors (Lipinski definition) is 1. The van der Waals surface area contributed by atoms with Gasteiger partial charge >= 0.3 is 0 Å². The second-order valence-corrected chi connectivity index (χ2v) is 6.00. The van der Waals surface area contributed by atoms with E-state index >= 15 is 0 Å². The topological polar surface area (TPSA) is 34.1 Å². The van der Waals surface area contributed by atoms with E-state index in [0.29, 0.717) is 22.8 Å². The van der Waals surface area contributed by atoms with Crippen LogP contribution in [0.3, 0.4) is 0 Å². The van der Waals surface area contributed by atoms with Crippen molar-refractivity contribution in [1.29, 1.82) is 0 Å². The zero-order valence-corrected chi connectivity index (χ0v) is 13.9. The van der Waals surface area contributed by atoms with Gasteiger partial charge in [-0.15, -0.1) is 0 Å². The van der Waals surface area contributed by atoms with Crippen LogP contribution >= 0.6 is 15.9 Å². The highest BCUT2D eigenvalue weighted by Crippen LogP contribution is 2.32. The molecule has 21 heavy (non-hydrogen) atoms. The number of nitrogens with one attached hydrogen (secondary N) is 1. The number of ether oxygens (including phenoxy) is 1. The summed E-state index contributed by atoms with van der Waals surface area (Å²) in [6.45, 7) is 6.74. The van der Waals surface area contributed by atoms with Gasteiger partial charge in [0.15, 0.2) is 0 Å². The zero-order chi connectivity index (χ0) is 15.4. The van der Waals surface area contributed by atoms with E-state index in [1.807, 2.05) is 13.0 Å². The highest BCUT2D eigenvalue weighted by Gasteiger charge is 2.10. The Labute approximate surface area is 132 Å². The second kappa shape index (κ2) is 7.00. The highest BCUT2D eigenvalue weighted by molar-refractivity contribution is 9.10. The molecule has 2 rings (SSSR count). The van der Waals surface area contributed by atoms with Gasteiger partial charge in [-0.25, -0.2) is 4.39 Å². The molecular weight excluding hydrogens is 335 g/mol. The van der Waals surface area contributed by atoms with Crippen LogP contribution in [-0.4, -0.2) is 11.0 Å². The van der Waals surface area contributed by atoms with E-state index in [9.17, 15) is 4.39 Å². The van der Waals surface area contributed by atoms with Crippen molar-refractivity contribution in [3.05, 3.63) is 52.0 Å². The average Bonchev–Trinajstić information content (AvgIpc) is 2.41. The summed E-state index contributed by atoms with van der Waals surface area (Å²) in [7, 11) is 0. The van der Waals surface area contributed by atoms with Crippen molar-refractivity contribution >= 4 is 15.9 Å². The van der Waals surface area contributed by atoms with Crippen LogP contribution in [0.1, 0.15) is 25.1 Å². The average molecular weight is 353 g/mol. The number of rotatable bonds is 5. The summed E-state index contributed by atoms with van der Waals surface area (Å²) in [5.41, 5.74) is 1.84. The molecule has 0 aliphatic carbocycles. The molecule has 1 aromatic carbocycles. The van der Waals surface area contributed by atoms with Crippen molar-refractivity contribution in [3.8, 4) is 11.5 Å². The zero-order valence-electron chi connectivity index (χ0n) is 12.3. The van der Waals surface area contributed by atoms with Gasteiger partial charge < -0.3 is 10.1 Å². The Balaban J connectivity index is 2.27. The molecule has 0 bridgehead atoms. The standard InChI is InChI=1S/C16H18BrFN2O/c1-10(2)19-8-12-9-20-11(3)6-16(12)21-15-5-4-13(18)7-14(15)17/h4-7,9-10,19H,8H2,1-3H3. The molecule has 3 nitrogen and oxygen atoms in total. The number of benzene rings is 1. The minimum atomic E-state index is -0.304. The first kappa shape index (κ1) is 15.9. The molecule has 2 aromatic rings. The fourth-order valence-electron chi connectivity index (χ4n) is 1.78. The number of aromatic nitrogens is 1. The van der Waals surface area contributed by atoms with Gasteiger partial charge in [-0.05, 0) is 41.1 Å². The van der Waals surface area contributed by atoms with Crippen LogP contribution in [0.25, 0.3) is 0 Å². The van der Waals surface area contributed by atoms with Gasteiger partial charge in [0, 0.05) is 36.1 Å². The molecule has 0 saturated heterocycles. The molecule has 0 amide bonds. The molecule has 0 atom stereocenters. The third kappa shape index (κ3) is 4.51. The summed E-state index contributed by atoms with van der Waals surface area (Å²) in [6, 6.07) is 6.62. The van der Waals surface area contributed by atoms with Crippen LogP contribution < -0.4 is 10.1 Å². The second-order valence-electron chi connectivity index (χ2n) is 5.15. The van der Waals surface area contributed by atoms with Crippen molar-refractivity contribution in [1.82, 2.24) is 10.3 Å². The van der Waals surface area contributed by atoms with Crippen LogP contribution in [-0.2, 0) is 6.54 Å². The van der Waals surface area contributed by atoms with Crippen molar-refractivity contribution < 1.29 is 9.13 Å². The lowest BCUT2D eigenvalue weighted by Crippen LogP contribution is -2.22. The minimum absolute atomic E-state index is 0.304. The van der Waals surface area contributed by atoms with Gasteiger partial charge in [0.2, 0.25) is 0 Å². The molecule has 5 heteroatoms.